The van der Waals surface area contributed by atoms with E-state index >= 15 is 0 Å². The number of amides is 1. The van der Waals surface area contributed by atoms with Crippen LogP contribution in [-0.4, -0.2) is 15.3 Å². The first kappa shape index (κ1) is 11.1. The van der Waals surface area contributed by atoms with Crippen LogP contribution >= 0.6 is 11.3 Å². The minimum Gasteiger partial charge on any atom is -0.350 e. The highest BCUT2D eigenvalue weighted by molar-refractivity contribution is 7.15. The van der Waals surface area contributed by atoms with Gasteiger partial charge in [0.15, 0.2) is 4.96 Å². The number of imidazole rings is 1. The molecule has 0 fully saturated rings. The summed E-state index contributed by atoms with van der Waals surface area (Å²) < 4.78 is 1.97. The van der Waals surface area contributed by atoms with Gasteiger partial charge in [-0.05, 0) is 6.42 Å². The Kier molecular flexibility index (Phi) is 3.56. The maximum Gasteiger partial charge on any atom is 0.220 e. The summed E-state index contributed by atoms with van der Waals surface area (Å²) in [6.45, 7) is 2.60. The van der Waals surface area contributed by atoms with E-state index in [1.54, 1.807) is 11.3 Å². The molecular weight excluding hydrogens is 222 g/mol. The lowest BCUT2D eigenvalue weighted by molar-refractivity contribution is -0.121. The van der Waals surface area contributed by atoms with Gasteiger partial charge in [-0.25, -0.2) is 4.98 Å². The fourth-order valence-corrected chi connectivity index (χ4v) is 2.20. The average Bonchev–Trinajstić information content (AvgIpc) is 2.83. The Morgan fingerprint density at radius 3 is 3.25 bits per heavy atom. The molecule has 0 aliphatic rings. The molecule has 0 saturated carbocycles. The third-order valence-electron chi connectivity index (χ3n) is 2.37. The first-order valence-electron chi connectivity index (χ1n) is 5.47. The van der Waals surface area contributed by atoms with Gasteiger partial charge >= 0.3 is 0 Å². The number of nitrogens with zero attached hydrogens (tertiary/aromatic N) is 2. The van der Waals surface area contributed by atoms with E-state index in [0.717, 1.165) is 23.5 Å². The lowest BCUT2D eigenvalue weighted by atomic mass is 10.2. The highest BCUT2D eigenvalue weighted by Crippen LogP contribution is 2.11. The zero-order chi connectivity index (χ0) is 11.4. The average molecular weight is 237 g/mol. The number of hydrogen-bond acceptors (Lipinski definition) is 3. The van der Waals surface area contributed by atoms with E-state index < -0.39 is 0 Å². The maximum atomic E-state index is 11.4. The van der Waals surface area contributed by atoms with Crippen molar-refractivity contribution in [3.63, 3.8) is 0 Å². The van der Waals surface area contributed by atoms with Crippen LogP contribution in [0.1, 0.15) is 31.9 Å². The van der Waals surface area contributed by atoms with E-state index in [-0.39, 0.29) is 5.91 Å². The normalized spacial score (nSPS) is 10.8. The van der Waals surface area contributed by atoms with Crippen LogP contribution in [0.3, 0.4) is 0 Å². The molecule has 16 heavy (non-hydrogen) atoms. The van der Waals surface area contributed by atoms with Crippen molar-refractivity contribution < 1.29 is 4.79 Å². The van der Waals surface area contributed by atoms with Gasteiger partial charge in [0.1, 0.15) is 0 Å². The van der Waals surface area contributed by atoms with Crippen molar-refractivity contribution in [3.05, 3.63) is 23.5 Å². The Morgan fingerprint density at radius 1 is 1.62 bits per heavy atom. The number of thiazole rings is 1. The summed E-state index contributed by atoms with van der Waals surface area (Å²) in [4.78, 5) is 16.7. The van der Waals surface area contributed by atoms with E-state index in [4.69, 9.17) is 0 Å². The summed E-state index contributed by atoms with van der Waals surface area (Å²) in [6.07, 6.45) is 6.53. The standard InChI is InChI=1S/C11H15N3OS/c1-2-3-4-10(15)12-7-9-8-14-5-6-16-11(14)13-9/h5-6,8H,2-4,7H2,1H3,(H,12,15). The first-order valence-corrected chi connectivity index (χ1v) is 6.35. The van der Waals surface area contributed by atoms with E-state index in [1.807, 2.05) is 22.2 Å². The largest absolute Gasteiger partial charge is 0.350 e. The number of hydrogen-bond donors (Lipinski definition) is 1. The summed E-state index contributed by atoms with van der Waals surface area (Å²) in [5.74, 6) is 0.109. The molecule has 86 valence electrons. The molecule has 1 amide bonds. The number of nitrogens with one attached hydrogen (secondary N) is 1. The second kappa shape index (κ2) is 5.12. The molecule has 2 aromatic rings. The SMILES string of the molecule is CCCCC(=O)NCc1cn2ccsc2n1. The monoisotopic (exact) mass is 237 g/mol. The van der Waals surface area contributed by atoms with Crippen molar-refractivity contribution in [1.82, 2.24) is 14.7 Å². The molecular formula is C11H15N3OS. The van der Waals surface area contributed by atoms with Gasteiger partial charge in [-0.2, -0.15) is 0 Å². The number of carbonyl (C=O) groups excluding carboxylic acids is 1. The molecule has 0 aliphatic heterocycles. The zero-order valence-electron chi connectivity index (χ0n) is 9.27. The molecule has 5 heteroatoms. The van der Waals surface area contributed by atoms with Crippen LogP contribution < -0.4 is 5.32 Å². The molecule has 1 N–H and O–H groups in total. The number of aromatic nitrogens is 2. The van der Waals surface area contributed by atoms with Crippen LogP contribution in [0.4, 0.5) is 0 Å². The third kappa shape index (κ3) is 2.61. The van der Waals surface area contributed by atoms with Crippen LogP contribution in [-0.2, 0) is 11.3 Å². The molecule has 0 spiro atoms. The quantitative estimate of drug-likeness (QED) is 0.866. The Labute approximate surface area is 98.3 Å². The van der Waals surface area contributed by atoms with Crippen molar-refractivity contribution in [1.29, 1.82) is 0 Å². The maximum absolute atomic E-state index is 11.4. The van der Waals surface area contributed by atoms with Gasteiger partial charge in [-0.3, -0.25) is 9.20 Å². The minimum atomic E-state index is 0.109. The molecule has 0 saturated heterocycles. The lowest BCUT2D eigenvalue weighted by Crippen LogP contribution is -2.22. The Morgan fingerprint density at radius 2 is 2.50 bits per heavy atom. The Hall–Kier alpha value is -1.36. The van der Waals surface area contributed by atoms with Gasteiger partial charge in [0.25, 0.3) is 0 Å². The summed E-state index contributed by atoms with van der Waals surface area (Å²) in [6, 6.07) is 0. The van der Waals surface area contributed by atoms with E-state index in [2.05, 4.69) is 17.2 Å². The zero-order valence-corrected chi connectivity index (χ0v) is 10.1. The molecule has 2 heterocycles. The predicted octanol–water partition coefficient (Wildman–Crippen LogP) is 2.20. The number of rotatable bonds is 5. The number of carbonyl (C=O) groups is 1. The van der Waals surface area contributed by atoms with Gasteiger partial charge in [-0.15, -0.1) is 11.3 Å². The minimum absolute atomic E-state index is 0.109. The van der Waals surface area contributed by atoms with Crippen LogP contribution in [0, 0.1) is 0 Å². The summed E-state index contributed by atoms with van der Waals surface area (Å²) >= 11 is 1.60. The van der Waals surface area contributed by atoms with E-state index in [0.29, 0.717) is 13.0 Å². The van der Waals surface area contributed by atoms with Crippen molar-refractivity contribution in [2.45, 2.75) is 32.7 Å². The third-order valence-corrected chi connectivity index (χ3v) is 3.14. The number of unbranched alkanes of at least 4 members (excludes halogenated alkanes) is 1. The van der Waals surface area contributed by atoms with Crippen molar-refractivity contribution in [3.8, 4) is 0 Å². The lowest BCUT2D eigenvalue weighted by Gasteiger charge is -2.01. The highest BCUT2D eigenvalue weighted by Gasteiger charge is 2.04. The van der Waals surface area contributed by atoms with Crippen molar-refractivity contribution >= 4 is 22.2 Å². The second-order valence-electron chi connectivity index (χ2n) is 3.71. The van der Waals surface area contributed by atoms with Gasteiger partial charge in [0.05, 0.1) is 12.2 Å². The second-order valence-corrected chi connectivity index (χ2v) is 4.58. The summed E-state index contributed by atoms with van der Waals surface area (Å²) in [5, 5.41) is 4.87. The van der Waals surface area contributed by atoms with E-state index in [1.165, 1.54) is 0 Å². The summed E-state index contributed by atoms with van der Waals surface area (Å²) in [5.41, 5.74) is 0.914. The Balaban J connectivity index is 1.86. The smallest absolute Gasteiger partial charge is 0.220 e. The van der Waals surface area contributed by atoms with Gasteiger partial charge in [0.2, 0.25) is 5.91 Å². The topological polar surface area (TPSA) is 46.4 Å². The molecule has 0 aromatic carbocycles. The van der Waals surface area contributed by atoms with Crippen molar-refractivity contribution in [2.24, 2.45) is 0 Å². The number of fused-ring (bicyclic) bond motifs is 1. The molecule has 4 nitrogen and oxygen atoms in total. The Bertz CT molecular complexity index is 446. The van der Waals surface area contributed by atoms with E-state index in [9.17, 15) is 4.79 Å². The summed E-state index contributed by atoms with van der Waals surface area (Å²) in [7, 11) is 0. The van der Waals surface area contributed by atoms with Crippen LogP contribution in [0.25, 0.3) is 4.96 Å². The predicted molar refractivity (Wildman–Crippen MR) is 64.4 cm³/mol. The molecule has 2 aromatic heterocycles. The molecule has 2 rings (SSSR count). The molecule has 0 atom stereocenters. The van der Waals surface area contributed by atoms with Crippen LogP contribution in [0.15, 0.2) is 17.8 Å². The van der Waals surface area contributed by atoms with Crippen LogP contribution in [0.5, 0.6) is 0 Å². The first-order chi connectivity index (χ1) is 7.79. The fraction of sp³-hybridized carbons (Fsp3) is 0.455. The molecule has 0 unspecified atom stereocenters. The fourth-order valence-electron chi connectivity index (χ4n) is 1.48. The molecule has 0 radical (unpaired) electrons. The van der Waals surface area contributed by atoms with Crippen LogP contribution in [0.2, 0.25) is 0 Å². The van der Waals surface area contributed by atoms with Gasteiger partial charge < -0.3 is 5.32 Å². The van der Waals surface area contributed by atoms with Gasteiger partial charge in [-0.1, -0.05) is 13.3 Å². The molecule has 0 aliphatic carbocycles. The van der Waals surface area contributed by atoms with Crippen molar-refractivity contribution in [2.75, 3.05) is 0 Å². The van der Waals surface area contributed by atoms with Gasteiger partial charge in [0, 0.05) is 24.2 Å². The highest BCUT2D eigenvalue weighted by atomic mass is 32.1. The molecule has 0 bridgehead atoms.